The number of benzene rings is 4. The molecule has 0 aliphatic carbocycles. The van der Waals surface area contributed by atoms with Crippen LogP contribution in [-0.2, 0) is 31.3 Å². The molecule has 0 nitrogen and oxygen atoms in total. The molecule has 0 aliphatic rings. The molecule has 0 atom stereocenters. The molecule has 0 radical (unpaired) electrons. The van der Waals surface area contributed by atoms with Gasteiger partial charge in [-0.1, -0.05) is 113 Å². The molecule has 6 rings (SSSR count). The Morgan fingerprint density at radius 2 is 0.881 bits per heavy atom. The Morgan fingerprint density at radius 3 is 1.21 bits per heavy atom. The molecule has 6 aromatic rings. The quantitative estimate of drug-likeness (QED) is 0.119. The zero-order valence-electron chi connectivity index (χ0n) is 26.5. The molecule has 42 heavy (non-hydrogen) atoms. The monoisotopic (exact) mass is 716 g/mol. The molecular weight excluding hydrogens is 671 g/mol. The predicted molar refractivity (Wildman–Crippen MR) is 183 cm³/mol. The van der Waals surface area contributed by atoms with Crippen molar-refractivity contribution < 1.29 is 25.8 Å². The van der Waals surface area contributed by atoms with Gasteiger partial charge in [-0.15, -0.1) is 69.1 Å². The molecule has 0 spiro atoms. The summed E-state index contributed by atoms with van der Waals surface area (Å²) in [5, 5.41) is 5.29. The van der Waals surface area contributed by atoms with E-state index in [1.165, 1.54) is 66.1 Å². The molecule has 0 N–H and O–H groups in total. The maximum atomic E-state index is 2.42. The molecule has 0 bridgehead atoms. The summed E-state index contributed by atoms with van der Waals surface area (Å²) in [5.41, 5.74) is 10.6. The van der Waals surface area contributed by atoms with Gasteiger partial charge in [0, 0.05) is 0 Å². The van der Waals surface area contributed by atoms with Crippen LogP contribution in [0.2, 0.25) is 0 Å². The Morgan fingerprint density at radius 1 is 0.524 bits per heavy atom. The van der Waals surface area contributed by atoms with Crippen molar-refractivity contribution in [2.24, 2.45) is 0 Å². The molecule has 0 saturated carbocycles. The first kappa shape index (κ1) is 33.5. The summed E-state index contributed by atoms with van der Waals surface area (Å²) in [5.74, 6) is 1.09. The van der Waals surface area contributed by atoms with Crippen molar-refractivity contribution in [3.63, 3.8) is 0 Å². The molecule has 0 amide bonds. The van der Waals surface area contributed by atoms with Gasteiger partial charge in [0.1, 0.15) is 0 Å². The minimum absolute atomic E-state index is 0. The van der Waals surface area contributed by atoms with Crippen LogP contribution in [0.15, 0.2) is 109 Å². The van der Waals surface area contributed by atoms with Crippen molar-refractivity contribution in [2.45, 2.75) is 58.8 Å². The van der Waals surface area contributed by atoms with Crippen molar-refractivity contribution in [3.05, 3.63) is 146 Å². The van der Waals surface area contributed by atoms with Gasteiger partial charge in [0.15, 0.2) is 0 Å². The van der Waals surface area contributed by atoms with Crippen LogP contribution >= 0.6 is 0 Å². The van der Waals surface area contributed by atoms with Crippen molar-refractivity contribution in [2.75, 3.05) is 0 Å². The molecular formula is C41H44Hf. The van der Waals surface area contributed by atoms with Crippen LogP contribution in [0.3, 0.4) is 0 Å². The second-order valence-corrected chi connectivity index (χ2v) is 12.3. The Kier molecular flexibility index (Phi) is 10.4. The van der Waals surface area contributed by atoms with Gasteiger partial charge in [0.05, 0.1) is 0 Å². The third-order valence-corrected chi connectivity index (χ3v) is 8.72. The van der Waals surface area contributed by atoms with E-state index >= 15 is 0 Å². The number of hydrogen-bond donors (Lipinski definition) is 0. The van der Waals surface area contributed by atoms with E-state index in [9.17, 15) is 0 Å². The zero-order valence-corrected chi connectivity index (χ0v) is 30.1. The molecule has 0 aliphatic heterocycles. The summed E-state index contributed by atoms with van der Waals surface area (Å²) in [7, 11) is 0. The summed E-state index contributed by atoms with van der Waals surface area (Å²) in [6.45, 7) is 13.7. The van der Waals surface area contributed by atoms with Crippen LogP contribution < -0.4 is 0 Å². The molecule has 1 heteroatoms. The summed E-state index contributed by atoms with van der Waals surface area (Å²) in [6, 6.07) is 41.3. The summed E-state index contributed by atoms with van der Waals surface area (Å²) in [4.78, 5) is 0. The minimum atomic E-state index is -0.115. The predicted octanol–water partition coefficient (Wildman–Crippen LogP) is 12.2. The van der Waals surface area contributed by atoms with Gasteiger partial charge in [0.2, 0.25) is 0 Å². The van der Waals surface area contributed by atoms with Crippen LogP contribution in [0, 0.1) is 14.9 Å². The van der Waals surface area contributed by atoms with Crippen molar-refractivity contribution in [1.29, 1.82) is 0 Å². The summed E-state index contributed by atoms with van der Waals surface area (Å²) >= 11 is 0. The minimum Gasteiger partial charge on any atom is -0.358 e. The molecule has 0 aromatic heterocycles. The van der Waals surface area contributed by atoms with Crippen LogP contribution in [0.1, 0.15) is 75.6 Å². The average Bonchev–Trinajstić information content (AvgIpc) is 3.59. The van der Waals surface area contributed by atoms with Gasteiger partial charge in [-0.3, -0.25) is 0 Å². The number of rotatable bonds is 6. The fraction of sp³-hybridized carbons (Fsp3) is 0.220. The van der Waals surface area contributed by atoms with E-state index in [-0.39, 0.29) is 46.1 Å². The van der Waals surface area contributed by atoms with Gasteiger partial charge < -0.3 is 14.9 Å². The number of hydrogen-bond acceptors (Lipinski definition) is 0. The van der Waals surface area contributed by atoms with Crippen LogP contribution in [0.25, 0.3) is 43.8 Å². The van der Waals surface area contributed by atoms with Gasteiger partial charge in [-0.05, 0) is 39.5 Å². The second-order valence-electron chi connectivity index (χ2n) is 12.3. The summed E-state index contributed by atoms with van der Waals surface area (Å²) in [6.07, 6.45) is 0. The normalized spacial score (nSPS) is 11.4. The molecule has 0 saturated heterocycles. The van der Waals surface area contributed by atoms with E-state index in [4.69, 9.17) is 0 Å². The second kappa shape index (κ2) is 13.1. The SMILES string of the molecule is CC(C)c1ccc(-c2cccc3[cH-]c(C(C)(C)c4cc5c(-c6ccc(C(C)C)cc6)cccc5[cH-]4)cc23)cc1.[CH3-].[CH3-].[Hf+4]. The van der Waals surface area contributed by atoms with E-state index in [2.05, 4.69) is 151 Å². The molecule has 0 heterocycles. The molecule has 0 unspecified atom stereocenters. The van der Waals surface area contributed by atoms with Crippen molar-refractivity contribution in [1.82, 2.24) is 0 Å². The zero-order chi connectivity index (χ0) is 27.3. The Bertz CT molecular complexity index is 1620. The number of fused-ring (bicyclic) bond motifs is 2. The van der Waals surface area contributed by atoms with Crippen LogP contribution in [0.5, 0.6) is 0 Å². The standard InChI is InChI=1S/C39H38.2CH3.Hf/c1-25(2)27-13-17-29(18-14-27)35-11-7-9-31-21-33(23-37(31)35)39(5,6)34-22-32-10-8-12-36(38(32)24-34)30-19-15-28(16-20-30)26(3)4;;;/h7-26H,1-6H3;2*1H3;/q-2;2*-1;+4. The Labute approximate surface area is 273 Å². The Balaban J connectivity index is 0.00000161. The van der Waals surface area contributed by atoms with Gasteiger partial charge in [-0.2, -0.15) is 12.1 Å². The van der Waals surface area contributed by atoms with E-state index in [0.29, 0.717) is 11.8 Å². The van der Waals surface area contributed by atoms with E-state index in [1.54, 1.807) is 0 Å². The first-order valence-corrected chi connectivity index (χ1v) is 14.3. The maximum Gasteiger partial charge on any atom is 4.00 e. The van der Waals surface area contributed by atoms with Gasteiger partial charge in [0.25, 0.3) is 0 Å². The largest absolute Gasteiger partial charge is 4.00 e. The van der Waals surface area contributed by atoms with Crippen molar-refractivity contribution in [3.8, 4) is 22.3 Å². The average molecular weight is 715 g/mol. The van der Waals surface area contributed by atoms with Crippen LogP contribution in [0.4, 0.5) is 0 Å². The third kappa shape index (κ3) is 6.04. The van der Waals surface area contributed by atoms with Gasteiger partial charge >= 0.3 is 25.8 Å². The fourth-order valence-electron chi connectivity index (χ4n) is 5.96. The van der Waals surface area contributed by atoms with Crippen LogP contribution in [-0.4, -0.2) is 0 Å². The van der Waals surface area contributed by atoms with E-state index < -0.39 is 0 Å². The topological polar surface area (TPSA) is 0 Å². The first-order valence-electron chi connectivity index (χ1n) is 14.3. The summed E-state index contributed by atoms with van der Waals surface area (Å²) < 4.78 is 0. The third-order valence-electron chi connectivity index (χ3n) is 8.72. The van der Waals surface area contributed by atoms with Gasteiger partial charge in [-0.25, -0.2) is 0 Å². The molecule has 212 valence electrons. The first-order chi connectivity index (χ1) is 18.7. The smallest absolute Gasteiger partial charge is 0.358 e. The van der Waals surface area contributed by atoms with E-state index in [0.717, 1.165) is 0 Å². The van der Waals surface area contributed by atoms with Crippen molar-refractivity contribution >= 4 is 21.5 Å². The molecule has 0 fully saturated rings. The Hall–Kier alpha value is -3.03. The molecule has 6 aromatic carbocycles. The maximum absolute atomic E-state index is 2.42. The van der Waals surface area contributed by atoms with E-state index in [1.807, 2.05) is 0 Å². The fourth-order valence-corrected chi connectivity index (χ4v) is 5.96.